The molecular weight excluding hydrogens is 268 g/mol. The first kappa shape index (κ1) is 13.1. The van der Waals surface area contributed by atoms with Gasteiger partial charge in [0.2, 0.25) is 0 Å². The van der Waals surface area contributed by atoms with Crippen LogP contribution in [0.15, 0.2) is 54.6 Å². The van der Waals surface area contributed by atoms with E-state index in [9.17, 15) is 0 Å². The summed E-state index contributed by atoms with van der Waals surface area (Å²) in [5, 5.41) is 7.78. The van der Waals surface area contributed by atoms with Crippen LogP contribution in [0.1, 0.15) is 11.1 Å². The molecule has 0 unspecified atom stereocenters. The van der Waals surface area contributed by atoms with Crippen LogP contribution in [-0.4, -0.2) is 7.11 Å². The Morgan fingerprint density at radius 2 is 1.09 bits per heavy atom. The molecule has 0 aliphatic carbocycles. The summed E-state index contributed by atoms with van der Waals surface area (Å²) in [6.07, 6.45) is 0. The summed E-state index contributed by atoms with van der Waals surface area (Å²) in [6.45, 7) is 4.36. The van der Waals surface area contributed by atoms with Crippen LogP contribution >= 0.6 is 0 Å². The van der Waals surface area contributed by atoms with Crippen LogP contribution in [0.3, 0.4) is 0 Å². The van der Waals surface area contributed by atoms with Crippen LogP contribution in [0.5, 0.6) is 5.75 Å². The predicted molar refractivity (Wildman–Crippen MR) is 95.0 cm³/mol. The van der Waals surface area contributed by atoms with Crippen LogP contribution in [0.4, 0.5) is 0 Å². The van der Waals surface area contributed by atoms with Gasteiger partial charge in [-0.05, 0) is 69.4 Å². The van der Waals surface area contributed by atoms with Gasteiger partial charge in [-0.15, -0.1) is 0 Å². The van der Waals surface area contributed by atoms with E-state index in [-0.39, 0.29) is 0 Å². The van der Waals surface area contributed by atoms with E-state index in [1.165, 1.54) is 43.4 Å². The van der Waals surface area contributed by atoms with Gasteiger partial charge in [-0.2, -0.15) is 0 Å². The van der Waals surface area contributed by atoms with Crippen molar-refractivity contribution in [1.82, 2.24) is 0 Å². The maximum Gasteiger partial charge on any atom is 0.119 e. The molecule has 0 atom stereocenters. The molecule has 1 heteroatoms. The van der Waals surface area contributed by atoms with Crippen molar-refractivity contribution in [3.8, 4) is 5.75 Å². The number of fused-ring (bicyclic) bond motifs is 6. The summed E-state index contributed by atoms with van der Waals surface area (Å²) in [5.41, 5.74) is 2.66. The molecule has 1 nitrogen and oxygen atoms in total. The van der Waals surface area contributed by atoms with Gasteiger partial charge in [0, 0.05) is 0 Å². The minimum absolute atomic E-state index is 0.905. The normalized spacial score (nSPS) is 11.4. The Balaban J connectivity index is 2.34. The van der Waals surface area contributed by atoms with E-state index in [4.69, 9.17) is 4.74 Å². The predicted octanol–water partition coefficient (Wildman–Crippen LogP) is 5.77. The molecule has 0 saturated carbocycles. The molecule has 0 aliphatic heterocycles. The third-order valence-corrected chi connectivity index (χ3v) is 4.66. The molecule has 0 radical (unpaired) electrons. The molecular formula is C21H18O. The van der Waals surface area contributed by atoms with Gasteiger partial charge in [-0.25, -0.2) is 0 Å². The van der Waals surface area contributed by atoms with Crippen LogP contribution in [0.2, 0.25) is 0 Å². The van der Waals surface area contributed by atoms with Crippen LogP contribution in [0.25, 0.3) is 32.3 Å². The topological polar surface area (TPSA) is 9.23 Å². The second-order valence-electron chi connectivity index (χ2n) is 5.94. The first-order valence-corrected chi connectivity index (χ1v) is 7.58. The standard InChI is InChI=1S/C21H18O/c1-13-10-19-17-7-5-4-6-16(17)18-9-8-15(22-3)12-21(18)20(19)11-14(13)2/h4-12H,1-3H3. The van der Waals surface area contributed by atoms with Crippen molar-refractivity contribution in [2.45, 2.75) is 13.8 Å². The van der Waals surface area contributed by atoms with Crippen molar-refractivity contribution >= 4 is 32.3 Å². The fourth-order valence-corrected chi connectivity index (χ4v) is 3.32. The summed E-state index contributed by atoms with van der Waals surface area (Å²) in [6, 6.07) is 19.6. The molecule has 0 saturated heterocycles. The first-order chi connectivity index (χ1) is 10.7. The Morgan fingerprint density at radius 1 is 0.591 bits per heavy atom. The molecule has 0 heterocycles. The van der Waals surface area contributed by atoms with Gasteiger partial charge >= 0.3 is 0 Å². The quantitative estimate of drug-likeness (QED) is 0.403. The molecule has 0 N–H and O–H groups in total. The van der Waals surface area contributed by atoms with Gasteiger partial charge in [0.15, 0.2) is 0 Å². The lowest BCUT2D eigenvalue weighted by Crippen LogP contribution is -1.88. The van der Waals surface area contributed by atoms with Gasteiger partial charge in [0.25, 0.3) is 0 Å². The zero-order chi connectivity index (χ0) is 15.3. The molecule has 22 heavy (non-hydrogen) atoms. The lowest BCUT2D eigenvalue weighted by atomic mass is 9.92. The highest BCUT2D eigenvalue weighted by Crippen LogP contribution is 2.37. The largest absolute Gasteiger partial charge is 0.497 e. The summed E-state index contributed by atoms with van der Waals surface area (Å²) in [4.78, 5) is 0. The molecule has 4 aromatic rings. The van der Waals surface area contributed by atoms with E-state index in [0.29, 0.717) is 0 Å². The average molecular weight is 286 g/mol. The molecule has 0 aromatic heterocycles. The number of hydrogen-bond donors (Lipinski definition) is 0. The minimum Gasteiger partial charge on any atom is -0.497 e. The van der Waals surface area contributed by atoms with E-state index in [1.54, 1.807) is 7.11 Å². The number of rotatable bonds is 1. The molecule has 4 rings (SSSR count). The molecule has 0 aliphatic rings. The minimum atomic E-state index is 0.905. The fourth-order valence-electron chi connectivity index (χ4n) is 3.32. The van der Waals surface area contributed by atoms with Gasteiger partial charge < -0.3 is 4.74 Å². The lowest BCUT2D eigenvalue weighted by Gasteiger charge is -2.13. The summed E-state index contributed by atoms with van der Waals surface area (Å²) in [7, 11) is 1.72. The van der Waals surface area contributed by atoms with Crippen LogP contribution in [0, 0.1) is 13.8 Å². The highest BCUT2D eigenvalue weighted by molar-refractivity contribution is 6.25. The van der Waals surface area contributed by atoms with E-state index in [1.807, 2.05) is 6.07 Å². The highest BCUT2D eigenvalue weighted by Gasteiger charge is 2.10. The first-order valence-electron chi connectivity index (χ1n) is 7.58. The van der Waals surface area contributed by atoms with E-state index < -0.39 is 0 Å². The molecule has 108 valence electrons. The summed E-state index contributed by atoms with van der Waals surface area (Å²) >= 11 is 0. The van der Waals surface area contributed by atoms with Crippen molar-refractivity contribution < 1.29 is 4.74 Å². The summed E-state index contributed by atoms with van der Waals surface area (Å²) < 4.78 is 5.44. The number of ether oxygens (including phenoxy) is 1. The Labute approximate surface area is 130 Å². The Morgan fingerprint density at radius 3 is 1.73 bits per heavy atom. The van der Waals surface area contributed by atoms with E-state index in [0.717, 1.165) is 5.75 Å². The number of benzene rings is 4. The Kier molecular flexibility index (Phi) is 2.83. The third-order valence-electron chi connectivity index (χ3n) is 4.66. The maximum atomic E-state index is 5.44. The third kappa shape index (κ3) is 1.79. The number of methoxy groups -OCH3 is 1. The van der Waals surface area contributed by atoms with Crippen molar-refractivity contribution in [3.63, 3.8) is 0 Å². The van der Waals surface area contributed by atoms with Crippen LogP contribution < -0.4 is 4.74 Å². The van der Waals surface area contributed by atoms with Crippen molar-refractivity contribution in [3.05, 3.63) is 65.7 Å². The van der Waals surface area contributed by atoms with Crippen LogP contribution in [-0.2, 0) is 0 Å². The number of aryl methyl sites for hydroxylation is 2. The summed E-state index contributed by atoms with van der Waals surface area (Å²) in [5.74, 6) is 0.905. The number of hydrogen-bond acceptors (Lipinski definition) is 1. The lowest BCUT2D eigenvalue weighted by molar-refractivity contribution is 0.415. The van der Waals surface area contributed by atoms with Gasteiger partial charge in [-0.3, -0.25) is 0 Å². The van der Waals surface area contributed by atoms with Crippen molar-refractivity contribution in [1.29, 1.82) is 0 Å². The van der Waals surface area contributed by atoms with Gasteiger partial charge in [0.1, 0.15) is 5.75 Å². The molecule has 0 spiro atoms. The zero-order valence-electron chi connectivity index (χ0n) is 13.1. The second kappa shape index (κ2) is 4.74. The SMILES string of the molecule is COc1ccc2c3ccccc3c3cc(C)c(C)cc3c2c1. The Bertz CT molecular complexity index is 1030. The van der Waals surface area contributed by atoms with E-state index >= 15 is 0 Å². The molecule has 4 aromatic carbocycles. The van der Waals surface area contributed by atoms with Crippen molar-refractivity contribution in [2.24, 2.45) is 0 Å². The molecule has 0 amide bonds. The smallest absolute Gasteiger partial charge is 0.119 e. The van der Waals surface area contributed by atoms with E-state index in [2.05, 4.69) is 62.4 Å². The zero-order valence-corrected chi connectivity index (χ0v) is 13.1. The molecule has 0 bridgehead atoms. The van der Waals surface area contributed by atoms with Gasteiger partial charge in [-0.1, -0.05) is 42.5 Å². The van der Waals surface area contributed by atoms with Gasteiger partial charge in [0.05, 0.1) is 7.11 Å². The maximum absolute atomic E-state index is 5.44. The second-order valence-corrected chi connectivity index (χ2v) is 5.94. The Hall–Kier alpha value is -2.54. The highest BCUT2D eigenvalue weighted by atomic mass is 16.5. The monoisotopic (exact) mass is 286 g/mol. The molecule has 0 fully saturated rings. The fraction of sp³-hybridized carbons (Fsp3) is 0.143. The van der Waals surface area contributed by atoms with Crippen molar-refractivity contribution in [2.75, 3.05) is 7.11 Å². The average Bonchev–Trinajstić information content (AvgIpc) is 2.56.